The van der Waals surface area contributed by atoms with Crippen LogP contribution in [0.1, 0.15) is 18.1 Å². The van der Waals surface area contributed by atoms with Crippen molar-refractivity contribution in [3.63, 3.8) is 0 Å². The molecular weight excluding hydrogens is 610 g/mol. The summed E-state index contributed by atoms with van der Waals surface area (Å²) in [6.07, 6.45) is 1.69. The minimum absolute atomic E-state index is 0.174. The second kappa shape index (κ2) is 12.5. The Bertz CT molecular complexity index is 1270. The maximum Gasteiger partial charge on any atom is 0.293 e. The summed E-state index contributed by atoms with van der Waals surface area (Å²) in [5.41, 5.74) is 1.73. The summed E-state index contributed by atoms with van der Waals surface area (Å²) in [7, 11) is 0. The van der Waals surface area contributed by atoms with Gasteiger partial charge in [-0.05, 0) is 88.2 Å². The minimum Gasteiger partial charge on any atom is -0.492 e. The number of hydrogen-bond acceptors (Lipinski definition) is 6. The topological polar surface area (TPSA) is 65.1 Å². The molecule has 3 aromatic carbocycles. The Labute approximate surface area is 230 Å². The Morgan fingerprint density at radius 2 is 1.69 bits per heavy atom. The SMILES string of the molecule is CCOc1cc(/C=C2\SC(=O)N(CCOc3ccccc3)C2=O)cc(Br)c1OCc1ccc(Br)cc1. The summed E-state index contributed by atoms with van der Waals surface area (Å²) in [5.74, 6) is 1.47. The van der Waals surface area contributed by atoms with Crippen LogP contribution >= 0.6 is 43.6 Å². The third kappa shape index (κ3) is 6.72. The molecule has 0 unspecified atom stereocenters. The number of benzene rings is 3. The van der Waals surface area contributed by atoms with Crippen molar-refractivity contribution in [2.45, 2.75) is 13.5 Å². The molecule has 1 fully saturated rings. The van der Waals surface area contributed by atoms with E-state index < -0.39 is 0 Å². The maximum atomic E-state index is 12.9. The molecule has 0 aromatic heterocycles. The number of imide groups is 1. The summed E-state index contributed by atoms with van der Waals surface area (Å²) < 4.78 is 19.2. The zero-order valence-corrected chi connectivity index (χ0v) is 23.4. The first-order valence-corrected chi connectivity index (χ1v) is 13.6. The van der Waals surface area contributed by atoms with Gasteiger partial charge in [-0.2, -0.15) is 0 Å². The molecule has 0 atom stereocenters. The van der Waals surface area contributed by atoms with Crippen LogP contribution in [0, 0.1) is 0 Å². The van der Waals surface area contributed by atoms with E-state index in [1.807, 2.05) is 67.6 Å². The van der Waals surface area contributed by atoms with Gasteiger partial charge in [-0.3, -0.25) is 14.5 Å². The van der Waals surface area contributed by atoms with Gasteiger partial charge in [0.05, 0.1) is 22.5 Å². The highest BCUT2D eigenvalue weighted by molar-refractivity contribution is 9.10. The van der Waals surface area contributed by atoms with E-state index in [1.165, 1.54) is 4.90 Å². The Balaban J connectivity index is 1.46. The Morgan fingerprint density at radius 3 is 2.42 bits per heavy atom. The first-order valence-electron chi connectivity index (χ1n) is 11.2. The van der Waals surface area contributed by atoms with Crippen LogP contribution in [0.3, 0.4) is 0 Å². The first kappa shape index (κ1) is 26.3. The molecular formula is C27H23Br2NO5S. The molecule has 1 aliphatic heterocycles. The van der Waals surface area contributed by atoms with Crippen molar-refractivity contribution in [3.05, 3.63) is 91.7 Å². The van der Waals surface area contributed by atoms with Crippen molar-refractivity contribution < 1.29 is 23.8 Å². The zero-order chi connectivity index (χ0) is 25.5. The average molecular weight is 633 g/mol. The largest absolute Gasteiger partial charge is 0.492 e. The predicted molar refractivity (Wildman–Crippen MR) is 148 cm³/mol. The highest BCUT2D eigenvalue weighted by atomic mass is 79.9. The van der Waals surface area contributed by atoms with Gasteiger partial charge < -0.3 is 14.2 Å². The number of rotatable bonds is 10. The van der Waals surface area contributed by atoms with Gasteiger partial charge in [0.25, 0.3) is 11.1 Å². The third-order valence-corrected chi connectivity index (χ3v) is 7.15. The van der Waals surface area contributed by atoms with Gasteiger partial charge in [0.15, 0.2) is 11.5 Å². The number of carbonyl (C=O) groups excluding carboxylic acids is 2. The van der Waals surface area contributed by atoms with Crippen LogP contribution in [0.2, 0.25) is 0 Å². The number of thioether (sulfide) groups is 1. The van der Waals surface area contributed by atoms with Crippen LogP contribution in [0.15, 0.2) is 80.6 Å². The molecule has 1 aliphatic rings. The number of carbonyl (C=O) groups is 2. The van der Waals surface area contributed by atoms with Crippen LogP contribution in [0.5, 0.6) is 17.2 Å². The molecule has 0 saturated carbocycles. The van der Waals surface area contributed by atoms with Crippen LogP contribution in [0.25, 0.3) is 6.08 Å². The van der Waals surface area contributed by atoms with Gasteiger partial charge in [-0.15, -0.1) is 0 Å². The van der Waals surface area contributed by atoms with E-state index in [0.717, 1.165) is 21.8 Å². The van der Waals surface area contributed by atoms with Crippen molar-refractivity contribution in [1.29, 1.82) is 0 Å². The lowest BCUT2D eigenvalue weighted by atomic mass is 10.1. The number of ether oxygens (including phenoxy) is 3. The van der Waals surface area contributed by atoms with Crippen molar-refractivity contribution in [3.8, 4) is 17.2 Å². The summed E-state index contributed by atoms with van der Waals surface area (Å²) in [6.45, 7) is 3.10. The second-order valence-corrected chi connectivity index (χ2v) is 10.4. The third-order valence-electron chi connectivity index (χ3n) is 5.13. The fraction of sp³-hybridized carbons (Fsp3) is 0.185. The smallest absolute Gasteiger partial charge is 0.293 e. The molecule has 3 aromatic rings. The maximum absolute atomic E-state index is 12.9. The zero-order valence-electron chi connectivity index (χ0n) is 19.4. The quantitative estimate of drug-likeness (QED) is 0.219. The molecule has 0 radical (unpaired) electrons. The number of nitrogens with zero attached hydrogens (tertiary/aromatic N) is 1. The normalized spacial score (nSPS) is 14.4. The predicted octanol–water partition coefficient (Wildman–Crippen LogP) is 7.30. The summed E-state index contributed by atoms with van der Waals surface area (Å²) in [4.78, 5) is 26.9. The average Bonchev–Trinajstić information content (AvgIpc) is 3.13. The van der Waals surface area contributed by atoms with Crippen LogP contribution in [-0.2, 0) is 11.4 Å². The van der Waals surface area contributed by atoms with E-state index in [-0.39, 0.29) is 24.3 Å². The number of hydrogen-bond donors (Lipinski definition) is 0. The Kier molecular flexibility index (Phi) is 9.12. The molecule has 6 nitrogen and oxygen atoms in total. The van der Waals surface area contributed by atoms with Crippen molar-refractivity contribution in [2.75, 3.05) is 19.8 Å². The molecule has 9 heteroatoms. The van der Waals surface area contributed by atoms with Crippen molar-refractivity contribution in [2.24, 2.45) is 0 Å². The first-order chi connectivity index (χ1) is 17.4. The van der Waals surface area contributed by atoms with Crippen molar-refractivity contribution in [1.82, 2.24) is 4.90 Å². The summed E-state index contributed by atoms with van der Waals surface area (Å²) in [6, 6.07) is 20.8. The highest BCUT2D eigenvalue weighted by Gasteiger charge is 2.35. The second-order valence-electron chi connectivity index (χ2n) is 7.67. The minimum atomic E-state index is -0.341. The van der Waals surface area contributed by atoms with E-state index in [2.05, 4.69) is 31.9 Å². The van der Waals surface area contributed by atoms with E-state index in [4.69, 9.17) is 14.2 Å². The van der Waals surface area contributed by atoms with E-state index in [0.29, 0.717) is 45.4 Å². The van der Waals surface area contributed by atoms with E-state index >= 15 is 0 Å². The number of para-hydroxylation sites is 1. The Morgan fingerprint density at radius 1 is 0.944 bits per heavy atom. The molecule has 4 rings (SSSR count). The van der Waals surface area contributed by atoms with Gasteiger partial charge in [0, 0.05) is 4.47 Å². The molecule has 36 heavy (non-hydrogen) atoms. The van der Waals surface area contributed by atoms with Gasteiger partial charge in [-0.1, -0.05) is 46.3 Å². The molecule has 1 saturated heterocycles. The highest BCUT2D eigenvalue weighted by Crippen LogP contribution is 2.39. The lowest BCUT2D eigenvalue weighted by Gasteiger charge is -2.15. The number of halogens is 2. The standard InChI is InChI=1S/C27H23Br2NO5S/c1-2-33-23-15-19(14-22(29)25(23)35-17-18-8-10-20(28)11-9-18)16-24-26(31)30(27(32)36-24)12-13-34-21-6-4-3-5-7-21/h3-11,14-16H,2,12-13,17H2,1H3/b24-16-. The van der Waals surface area contributed by atoms with Gasteiger partial charge in [0.2, 0.25) is 0 Å². The fourth-order valence-electron chi connectivity index (χ4n) is 3.43. The molecule has 2 amide bonds. The Hall–Kier alpha value is -2.75. The van der Waals surface area contributed by atoms with Gasteiger partial charge >= 0.3 is 0 Å². The van der Waals surface area contributed by atoms with Gasteiger partial charge in [-0.25, -0.2) is 0 Å². The van der Waals surface area contributed by atoms with Gasteiger partial charge in [0.1, 0.15) is 19.0 Å². The molecule has 0 spiro atoms. The molecule has 0 aliphatic carbocycles. The van der Waals surface area contributed by atoms with Crippen molar-refractivity contribution >= 4 is 60.8 Å². The monoisotopic (exact) mass is 631 g/mol. The fourth-order valence-corrected chi connectivity index (χ4v) is 5.13. The lowest BCUT2D eigenvalue weighted by molar-refractivity contribution is -0.123. The molecule has 186 valence electrons. The molecule has 0 bridgehead atoms. The summed E-state index contributed by atoms with van der Waals surface area (Å²) >= 11 is 7.92. The van der Waals surface area contributed by atoms with Crippen LogP contribution < -0.4 is 14.2 Å². The molecule has 1 heterocycles. The summed E-state index contributed by atoms with van der Waals surface area (Å²) in [5, 5.41) is -0.318. The number of amides is 2. The lowest BCUT2D eigenvalue weighted by Crippen LogP contribution is -2.32. The van der Waals surface area contributed by atoms with Crippen LogP contribution in [0.4, 0.5) is 4.79 Å². The van der Waals surface area contributed by atoms with Crippen LogP contribution in [-0.4, -0.2) is 35.8 Å². The van der Waals surface area contributed by atoms with E-state index in [9.17, 15) is 9.59 Å². The van der Waals surface area contributed by atoms with E-state index in [1.54, 1.807) is 12.1 Å². The molecule has 0 N–H and O–H groups in total.